The Labute approximate surface area is 71.1 Å². The predicted octanol–water partition coefficient (Wildman–Crippen LogP) is 1.30. The van der Waals surface area contributed by atoms with Gasteiger partial charge in [0.25, 0.3) is 0 Å². The third kappa shape index (κ3) is 2.19. The van der Waals surface area contributed by atoms with Crippen molar-refractivity contribution in [3.8, 4) is 0 Å². The van der Waals surface area contributed by atoms with E-state index in [9.17, 15) is 0 Å². The van der Waals surface area contributed by atoms with Gasteiger partial charge >= 0.3 is 0 Å². The molecule has 0 saturated heterocycles. The Morgan fingerprint density at radius 3 is 2.73 bits per heavy atom. The van der Waals surface area contributed by atoms with Gasteiger partial charge in [-0.25, -0.2) is 0 Å². The van der Waals surface area contributed by atoms with Crippen LogP contribution >= 0.6 is 11.6 Å². The van der Waals surface area contributed by atoms with Crippen molar-refractivity contribution in [2.45, 2.75) is 6.04 Å². The van der Waals surface area contributed by atoms with Gasteiger partial charge in [0, 0.05) is 17.6 Å². The molecule has 60 valence electrons. The molecule has 11 heavy (non-hydrogen) atoms. The van der Waals surface area contributed by atoms with Crippen molar-refractivity contribution < 1.29 is 0 Å². The van der Waals surface area contributed by atoms with Crippen LogP contribution in [0.1, 0.15) is 11.6 Å². The van der Waals surface area contributed by atoms with Crippen LogP contribution in [0, 0.1) is 0 Å². The van der Waals surface area contributed by atoms with Crippen LogP contribution in [-0.2, 0) is 0 Å². The number of nitrogens with two attached hydrogens (primary N) is 2. The van der Waals surface area contributed by atoms with E-state index < -0.39 is 0 Å². The summed E-state index contributed by atoms with van der Waals surface area (Å²) in [5.74, 6) is 0. The second-order valence-electron chi connectivity index (χ2n) is 2.40. The quantitative estimate of drug-likeness (QED) is 0.703. The zero-order valence-electron chi connectivity index (χ0n) is 6.13. The Bertz CT molecular complexity index is 237. The summed E-state index contributed by atoms with van der Waals surface area (Å²) in [6.45, 7) is 0.445. The van der Waals surface area contributed by atoms with Gasteiger partial charge in [-0.05, 0) is 17.7 Å². The molecule has 0 heterocycles. The van der Waals surface area contributed by atoms with E-state index in [1.54, 1.807) is 0 Å². The topological polar surface area (TPSA) is 52.0 Å². The largest absolute Gasteiger partial charge is 0.329 e. The van der Waals surface area contributed by atoms with Gasteiger partial charge in [-0.2, -0.15) is 0 Å². The first-order valence-corrected chi connectivity index (χ1v) is 3.83. The fourth-order valence-corrected chi connectivity index (χ4v) is 1.07. The van der Waals surface area contributed by atoms with Gasteiger partial charge in [0.05, 0.1) is 0 Å². The normalized spacial score (nSPS) is 13.0. The number of hydrogen-bond acceptors (Lipinski definition) is 2. The maximum atomic E-state index is 5.75. The maximum absolute atomic E-state index is 5.75. The molecule has 1 atom stereocenters. The highest BCUT2D eigenvalue weighted by molar-refractivity contribution is 6.30. The van der Waals surface area contributed by atoms with Crippen molar-refractivity contribution >= 4 is 11.6 Å². The van der Waals surface area contributed by atoms with Gasteiger partial charge in [-0.15, -0.1) is 0 Å². The standard InChI is InChI=1S/C8H11ClN2/c9-7-3-1-2-6(4-7)8(11)5-10/h1-4,8H,5,10-11H2/t8-/m0/s1. The molecular weight excluding hydrogens is 160 g/mol. The lowest BCUT2D eigenvalue weighted by Crippen LogP contribution is -2.20. The molecule has 0 spiro atoms. The molecule has 0 bridgehead atoms. The third-order valence-electron chi connectivity index (χ3n) is 1.53. The fraction of sp³-hybridized carbons (Fsp3) is 0.250. The van der Waals surface area contributed by atoms with Crippen molar-refractivity contribution in [1.82, 2.24) is 0 Å². The Balaban J connectivity index is 2.86. The minimum absolute atomic E-state index is 0.103. The molecule has 0 aliphatic rings. The summed E-state index contributed by atoms with van der Waals surface area (Å²) < 4.78 is 0. The van der Waals surface area contributed by atoms with Crippen molar-refractivity contribution in [3.05, 3.63) is 34.9 Å². The highest BCUT2D eigenvalue weighted by Crippen LogP contribution is 2.14. The first-order chi connectivity index (χ1) is 5.24. The molecule has 1 rings (SSSR count). The molecule has 0 aliphatic carbocycles. The highest BCUT2D eigenvalue weighted by atomic mass is 35.5. The van der Waals surface area contributed by atoms with E-state index in [0.29, 0.717) is 11.6 Å². The second-order valence-corrected chi connectivity index (χ2v) is 2.83. The zero-order chi connectivity index (χ0) is 8.27. The van der Waals surface area contributed by atoms with Crippen LogP contribution in [0.25, 0.3) is 0 Å². The molecule has 0 radical (unpaired) electrons. The van der Waals surface area contributed by atoms with Gasteiger partial charge in [0.15, 0.2) is 0 Å². The molecule has 3 heteroatoms. The fourth-order valence-electron chi connectivity index (χ4n) is 0.873. The van der Waals surface area contributed by atoms with E-state index >= 15 is 0 Å². The highest BCUT2D eigenvalue weighted by Gasteiger charge is 2.02. The van der Waals surface area contributed by atoms with Crippen LogP contribution in [-0.4, -0.2) is 6.54 Å². The van der Waals surface area contributed by atoms with E-state index in [4.69, 9.17) is 23.1 Å². The van der Waals surface area contributed by atoms with E-state index in [0.717, 1.165) is 5.56 Å². The average molecular weight is 171 g/mol. The monoisotopic (exact) mass is 170 g/mol. The lowest BCUT2D eigenvalue weighted by molar-refractivity contribution is 0.737. The maximum Gasteiger partial charge on any atom is 0.0420 e. The second kappa shape index (κ2) is 3.72. The van der Waals surface area contributed by atoms with Crippen LogP contribution in [0.5, 0.6) is 0 Å². The SMILES string of the molecule is NC[C@H](N)c1cccc(Cl)c1. The van der Waals surface area contributed by atoms with E-state index in [1.807, 2.05) is 24.3 Å². The lowest BCUT2D eigenvalue weighted by atomic mass is 10.1. The lowest BCUT2D eigenvalue weighted by Gasteiger charge is -2.08. The molecule has 1 aromatic rings. The number of hydrogen-bond donors (Lipinski definition) is 2. The molecule has 0 aliphatic heterocycles. The van der Waals surface area contributed by atoms with Gasteiger partial charge in [-0.3, -0.25) is 0 Å². The average Bonchev–Trinajstić information content (AvgIpc) is 2.03. The molecular formula is C8H11ClN2. The first kappa shape index (κ1) is 8.53. The Morgan fingerprint density at radius 1 is 1.45 bits per heavy atom. The van der Waals surface area contributed by atoms with Crippen molar-refractivity contribution in [1.29, 1.82) is 0 Å². The smallest absolute Gasteiger partial charge is 0.0420 e. The summed E-state index contributed by atoms with van der Waals surface area (Å²) in [6, 6.07) is 7.33. The Morgan fingerprint density at radius 2 is 2.18 bits per heavy atom. The molecule has 4 N–H and O–H groups in total. The summed E-state index contributed by atoms with van der Waals surface area (Å²) >= 11 is 5.75. The van der Waals surface area contributed by atoms with Crippen LogP contribution in [0.2, 0.25) is 5.02 Å². The minimum Gasteiger partial charge on any atom is -0.329 e. The van der Waals surface area contributed by atoms with Crippen molar-refractivity contribution in [2.75, 3.05) is 6.54 Å². The number of rotatable bonds is 2. The molecule has 1 aromatic carbocycles. The van der Waals surface area contributed by atoms with Gasteiger partial charge in [-0.1, -0.05) is 23.7 Å². The predicted molar refractivity (Wildman–Crippen MR) is 47.4 cm³/mol. The van der Waals surface area contributed by atoms with E-state index in [1.165, 1.54) is 0 Å². The van der Waals surface area contributed by atoms with Gasteiger partial charge in [0.1, 0.15) is 0 Å². The Hall–Kier alpha value is -0.570. The summed E-state index contributed by atoms with van der Waals surface area (Å²) in [5, 5.41) is 0.700. The van der Waals surface area contributed by atoms with Crippen LogP contribution < -0.4 is 11.5 Å². The van der Waals surface area contributed by atoms with E-state index in [2.05, 4.69) is 0 Å². The van der Waals surface area contributed by atoms with E-state index in [-0.39, 0.29) is 6.04 Å². The van der Waals surface area contributed by atoms with Gasteiger partial charge in [0.2, 0.25) is 0 Å². The molecule has 0 aromatic heterocycles. The molecule has 0 unspecified atom stereocenters. The molecule has 2 nitrogen and oxygen atoms in total. The molecule has 0 fully saturated rings. The summed E-state index contributed by atoms with van der Waals surface area (Å²) in [6.07, 6.45) is 0. The summed E-state index contributed by atoms with van der Waals surface area (Å²) in [4.78, 5) is 0. The van der Waals surface area contributed by atoms with Crippen molar-refractivity contribution in [2.24, 2.45) is 11.5 Å². The Kier molecular flexibility index (Phi) is 2.88. The van der Waals surface area contributed by atoms with Crippen LogP contribution in [0.4, 0.5) is 0 Å². The number of halogens is 1. The third-order valence-corrected chi connectivity index (χ3v) is 1.77. The van der Waals surface area contributed by atoms with Crippen LogP contribution in [0.3, 0.4) is 0 Å². The minimum atomic E-state index is -0.103. The van der Waals surface area contributed by atoms with Crippen molar-refractivity contribution in [3.63, 3.8) is 0 Å². The molecule has 0 amide bonds. The zero-order valence-corrected chi connectivity index (χ0v) is 6.88. The molecule has 0 saturated carbocycles. The van der Waals surface area contributed by atoms with Gasteiger partial charge < -0.3 is 11.5 Å². The first-order valence-electron chi connectivity index (χ1n) is 3.45. The number of benzene rings is 1. The summed E-state index contributed by atoms with van der Waals surface area (Å²) in [5.41, 5.74) is 12.1. The summed E-state index contributed by atoms with van der Waals surface area (Å²) in [7, 11) is 0. The van der Waals surface area contributed by atoms with Crippen LogP contribution in [0.15, 0.2) is 24.3 Å².